The van der Waals surface area contributed by atoms with Gasteiger partial charge >= 0.3 is 5.97 Å². The minimum absolute atomic E-state index is 0.157. The number of hydrogen-bond donors (Lipinski definition) is 1. The number of ether oxygens (including phenoxy) is 2. The summed E-state index contributed by atoms with van der Waals surface area (Å²) in [5.41, 5.74) is 0. The van der Waals surface area contributed by atoms with Gasteiger partial charge in [-0.3, -0.25) is 9.69 Å². The summed E-state index contributed by atoms with van der Waals surface area (Å²) >= 11 is 0. The molecule has 1 saturated heterocycles. The van der Waals surface area contributed by atoms with Gasteiger partial charge < -0.3 is 14.8 Å². The van der Waals surface area contributed by atoms with E-state index in [-0.39, 0.29) is 24.2 Å². The van der Waals surface area contributed by atoms with Gasteiger partial charge in [0.2, 0.25) is 0 Å². The van der Waals surface area contributed by atoms with E-state index in [1.807, 2.05) is 20.8 Å². The van der Waals surface area contributed by atoms with Crippen molar-refractivity contribution in [2.24, 2.45) is 0 Å². The maximum absolute atomic E-state index is 12.1. The Morgan fingerprint density at radius 1 is 1.45 bits per heavy atom. The van der Waals surface area contributed by atoms with Crippen LogP contribution >= 0.6 is 0 Å². The molecular weight excluding hydrogens is 256 g/mol. The van der Waals surface area contributed by atoms with E-state index in [2.05, 4.69) is 24.1 Å². The molecule has 3 atom stereocenters. The van der Waals surface area contributed by atoms with Crippen molar-refractivity contribution in [3.63, 3.8) is 0 Å². The predicted molar refractivity (Wildman–Crippen MR) is 79.8 cm³/mol. The number of rotatable bonds is 7. The highest BCUT2D eigenvalue weighted by atomic mass is 16.5. The van der Waals surface area contributed by atoms with Crippen LogP contribution in [0.1, 0.15) is 41.0 Å². The lowest BCUT2D eigenvalue weighted by molar-refractivity contribution is -0.147. The van der Waals surface area contributed by atoms with Crippen LogP contribution < -0.4 is 5.32 Å². The third-order valence-electron chi connectivity index (χ3n) is 3.58. The molecule has 0 amide bonds. The number of morpholine rings is 1. The van der Waals surface area contributed by atoms with Crippen LogP contribution in [0.3, 0.4) is 0 Å². The lowest BCUT2D eigenvalue weighted by Gasteiger charge is -2.40. The smallest absolute Gasteiger partial charge is 0.324 e. The van der Waals surface area contributed by atoms with Gasteiger partial charge in [-0.15, -0.1) is 0 Å². The lowest BCUT2D eigenvalue weighted by Crippen LogP contribution is -2.56. The Balaban J connectivity index is 2.67. The van der Waals surface area contributed by atoms with Gasteiger partial charge in [0.15, 0.2) is 0 Å². The molecule has 1 heterocycles. The topological polar surface area (TPSA) is 50.8 Å². The Kier molecular flexibility index (Phi) is 7.48. The molecule has 0 aromatic heterocycles. The summed E-state index contributed by atoms with van der Waals surface area (Å²) in [6.07, 6.45) is 1.25. The molecule has 0 aliphatic carbocycles. The van der Waals surface area contributed by atoms with Gasteiger partial charge in [-0.05, 0) is 20.3 Å². The predicted octanol–water partition coefficient (Wildman–Crippen LogP) is 1.42. The molecule has 0 radical (unpaired) electrons. The Bertz CT molecular complexity index is 297. The zero-order valence-corrected chi connectivity index (χ0v) is 13.5. The van der Waals surface area contributed by atoms with Crippen LogP contribution in [0, 0.1) is 0 Å². The largest absolute Gasteiger partial charge is 0.465 e. The van der Waals surface area contributed by atoms with Gasteiger partial charge in [-0.25, -0.2) is 0 Å². The molecule has 0 bridgehead atoms. The molecule has 1 aliphatic rings. The summed E-state index contributed by atoms with van der Waals surface area (Å²) in [7, 11) is 0. The number of nitrogens with zero attached hydrogens (tertiary/aromatic N) is 1. The Morgan fingerprint density at radius 3 is 2.70 bits per heavy atom. The molecule has 3 unspecified atom stereocenters. The molecule has 5 heteroatoms. The summed E-state index contributed by atoms with van der Waals surface area (Å²) in [5, 5.41) is 3.31. The van der Waals surface area contributed by atoms with Gasteiger partial charge in [0, 0.05) is 25.2 Å². The maximum Gasteiger partial charge on any atom is 0.324 e. The molecule has 1 rings (SSSR count). The second kappa shape index (κ2) is 8.60. The van der Waals surface area contributed by atoms with Gasteiger partial charge in [-0.2, -0.15) is 0 Å². The monoisotopic (exact) mass is 286 g/mol. The molecule has 0 spiro atoms. The number of esters is 1. The maximum atomic E-state index is 12.1. The average molecular weight is 286 g/mol. The van der Waals surface area contributed by atoms with Crippen molar-refractivity contribution in [1.29, 1.82) is 0 Å². The summed E-state index contributed by atoms with van der Waals surface area (Å²) in [6, 6.07) is 0.370. The number of carbonyl (C=O) groups is 1. The van der Waals surface area contributed by atoms with Crippen LogP contribution in [0.25, 0.3) is 0 Å². The highest BCUT2D eigenvalue weighted by molar-refractivity contribution is 5.76. The van der Waals surface area contributed by atoms with Crippen LogP contribution in [0.15, 0.2) is 0 Å². The van der Waals surface area contributed by atoms with Gasteiger partial charge in [-0.1, -0.05) is 20.8 Å². The first-order valence-corrected chi connectivity index (χ1v) is 7.76. The standard InChI is InChI=1S/C15H30N2O3/c1-6-13-10-20-12(5)8-17(13)9-14(16-11(3)4)15(18)19-7-2/h11-14,16H,6-10H2,1-5H3. The van der Waals surface area contributed by atoms with E-state index < -0.39 is 0 Å². The second-order valence-corrected chi connectivity index (χ2v) is 5.79. The summed E-state index contributed by atoms with van der Waals surface area (Å²) in [4.78, 5) is 14.4. The minimum atomic E-state index is -0.269. The molecule has 1 N–H and O–H groups in total. The third kappa shape index (κ3) is 5.38. The minimum Gasteiger partial charge on any atom is -0.465 e. The van der Waals surface area contributed by atoms with E-state index in [0.717, 1.165) is 19.6 Å². The van der Waals surface area contributed by atoms with E-state index in [4.69, 9.17) is 9.47 Å². The summed E-state index contributed by atoms with van der Waals surface area (Å²) in [6.45, 7) is 12.9. The zero-order chi connectivity index (χ0) is 15.1. The van der Waals surface area contributed by atoms with Gasteiger partial charge in [0.25, 0.3) is 0 Å². The zero-order valence-electron chi connectivity index (χ0n) is 13.5. The molecule has 5 nitrogen and oxygen atoms in total. The van der Waals surface area contributed by atoms with Crippen LogP contribution in [-0.2, 0) is 14.3 Å². The van der Waals surface area contributed by atoms with E-state index in [1.165, 1.54) is 0 Å². The molecule has 0 saturated carbocycles. The van der Waals surface area contributed by atoms with E-state index in [9.17, 15) is 4.79 Å². The number of hydrogen-bond acceptors (Lipinski definition) is 5. The van der Waals surface area contributed by atoms with Crippen molar-refractivity contribution in [1.82, 2.24) is 10.2 Å². The number of nitrogens with one attached hydrogen (secondary N) is 1. The molecular formula is C15H30N2O3. The molecule has 1 fully saturated rings. The highest BCUT2D eigenvalue weighted by Crippen LogP contribution is 2.15. The molecule has 118 valence electrons. The van der Waals surface area contributed by atoms with Crippen LogP contribution in [0.5, 0.6) is 0 Å². The van der Waals surface area contributed by atoms with E-state index in [0.29, 0.717) is 19.2 Å². The normalized spacial score (nSPS) is 25.7. The SMILES string of the molecule is CCOC(=O)C(CN1CC(C)OCC1CC)NC(C)C. The Hall–Kier alpha value is -0.650. The van der Waals surface area contributed by atoms with E-state index >= 15 is 0 Å². The molecule has 1 aliphatic heterocycles. The fraction of sp³-hybridized carbons (Fsp3) is 0.933. The first kappa shape index (κ1) is 17.4. The average Bonchev–Trinajstić information content (AvgIpc) is 2.38. The fourth-order valence-electron chi connectivity index (χ4n) is 2.59. The number of carbonyl (C=O) groups excluding carboxylic acids is 1. The fourth-order valence-corrected chi connectivity index (χ4v) is 2.59. The van der Waals surface area contributed by atoms with Crippen molar-refractivity contribution >= 4 is 5.97 Å². The third-order valence-corrected chi connectivity index (χ3v) is 3.58. The van der Waals surface area contributed by atoms with Crippen molar-refractivity contribution in [2.45, 2.75) is 65.3 Å². The van der Waals surface area contributed by atoms with E-state index in [1.54, 1.807) is 0 Å². The van der Waals surface area contributed by atoms with Crippen LogP contribution in [0.4, 0.5) is 0 Å². The second-order valence-electron chi connectivity index (χ2n) is 5.79. The van der Waals surface area contributed by atoms with Crippen molar-refractivity contribution in [3.8, 4) is 0 Å². The molecule has 20 heavy (non-hydrogen) atoms. The van der Waals surface area contributed by atoms with Crippen molar-refractivity contribution in [2.75, 3.05) is 26.3 Å². The Labute approximate surface area is 123 Å². The van der Waals surface area contributed by atoms with Gasteiger partial charge in [0.1, 0.15) is 6.04 Å². The Morgan fingerprint density at radius 2 is 2.15 bits per heavy atom. The van der Waals surface area contributed by atoms with Gasteiger partial charge in [0.05, 0.1) is 19.3 Å². The quantitative estimate of drug-likeness (QED) is 0.717. The van der Waals surface area contributed by atoms with Crippen molar-refractivity contribution < 1.29 is 14.3 Å². The summed E-state index contributed by atoms with van der Waals surface area (Å²) < 4.78 is 10.9. The highest BCUT2D eigenvalue weighted by Gasteiger charge is 2.30. The lowest BCUT2D eigenvalue weighted by atomic mass is 10.1. The first-order valence-electron chi connectivity index (χ1n) is 7.76. The van der Waals surface area contributed by atoms with Crippen LogP contribution in [0.2, 0.25) is 0 Å². The van der Waals surface area contributed by atoms with Crippen LogP contribution in [-0.4, -0.2) is 61.4 Å². The summed E-state index contributed by atoms with van der Waals surface area (Å²) in [5.74, 6) is -0.157. The first-order chi connectivity index (χ1) is 9.47. The molecule has 0 aromatic carbocycles. The van der Waals surface area contributed by atoms with Crippen molar-refractivity contribution in [3.05, 3.63) is 0 Å². The molecule has 0 aromatic rings.